The molecular formula is C17H24OSi. The SMILES string of the molecule is C#C/C(=C/[C@@H](C)COCc1ccccc1)[Si](C)(C)C. The summed E-state index contributed by atoms with van der Waals surface area (Å²) >= 11 is 0. The Morgan fingerprint density at radius 1 is 1.32 bits per heavy atom. The zero-order chi connectivity index (χ0) is 14.3. The topological polar surface area (TPSA) is 9.23 Å². The summed E-state index contributed by atoms with van der Waals surface area (Å²) in [5, 5.41) is 1.18. The Morgan fingerprint density at radius 3 is 2.47 bits per heavy atom. The summed E-state index contributed by atoms with van der Waals surface area (Å²) in [5.74, 6) is 3.21. The van der Waals surface area contributed by atoms with Crippen LogP contribution >= 0.6 is 0 Å². The van der Waals surface area contributed by atoms with E-state index in [0.29, 0.717) is 19.1 Å². The fraction of sp³-hybridized carbons (Fsp3) is 0.412. The minimum absolute atomic E-state index is 0.362. The number of hydrogen-bond acceptors (Lipinski definition) is 1. The van der Waals surface area contributed by atoms with Crippen LogP contribution in [-0.2, 0) is 11.3 Å². The van der Waals surface area contributed by atoms with Gasteiger partial charge in [-0.3, -0.25) is 0 Å². The molecule has 0 aliphatic rings. The molecular weight excluding hydrogens is 248 g/mol. The average molecular weight is 272 g/mol. The van der Waals surface area contributed by atoms with Gasteiger partial charge >= 0.3 is 0 Å². The van der Waals surface area contributed by atoms with Gasteiger partial charge in [0.05, 0.1) is 21.3 Å². The predicted octanol–water partition coefficient (Wildman–Crippen LogP) is 4.28. The second kappa shape index (κ2) is 7.33. The number of hydrogen-bond donors (Lipinski definition) is 0. The first-order chi connectivity index (χ1) is 8.93. The fourth-order valence-corrected chi connectivity index (χ4v) is 3.00. The summed E-state index contributed by atoms with van der Waals surface area (Å²) < 4.78 is 5.74. The highest BCUT2D eigenvalue weighted by Gasteiger charge is 2.18. The number of rotatable bonds is 6. The van der Waals surface area contributed by atoms with Crippen molar-refractivity contribution in [3.05, 3.63) is 47.2 Å². The van der Waals surface area contributed by atoms with Crippen LogP contribution in [0.4, 0.5) is 0 Å². The molecule has 0 aliphatic carbocycles. The Bertz CT molecular complexity index is 448. The fourth-order valence-electron chi connectivity index (χ4n) is 1.78. The molecule has 0 fully saturated rings. The van der Waals surface area contributed by atoms with E-state index in [-0.39, 0.29) is 0 Å². The highest BCUT2D eigenvalue weighted by Crippen LogP contribution is 2.16. The molecule has 0 unspecified atom stereocenters. The third-order valence-electron chi connectivity index (χ3n) is 2.91. The monoisotopic (exact) mass is 272 g/mol. The van der Waals surface area contributed by atoms with Gasteiger partial charge in [-0.2, -0.15) is 0 Å². The van der Waals surface area contributed by atoms with Crippen LogP contribution in [-0.4, -0.2) is 14.7 Å². The molecule has 0 saturated heterocycles. The molecule has 2 heteroatoms. The van der Waals surface area contributed by atoms with Gasteiger partial charge in [-0.05, 0) is 16.7 Å². The normalized spacial score (nSPS) is 13.9. The first kappa shape index (κ1) is 15.8. The maximum absolute atomic E-state index is 5.74. The van der Waals surface area contributed by atoms with Crippen molar-refractivity contribution in [1.82, 2.24) is 0 Å². The van der Waals surface area contributed by atoms with Gasteiger partial charge in [-0.25, -0.2) is 0 Å². The van der Waals surface area contributed by atoms with E-state index in [1.165, 1.54) is 10.8 Å². The number of ether oxygens (including phenoxy) is 1. The molecule has 0 bridgehead atoms. The molecule has 0 N–H and O–H groups in total. The summed E-state index contributed by atoms with van der Waals surface area (Å²) in [6, 6.07) is 10.2. The Balaban J connectivity index is 2.46. The summed E-state index contributed by atoms with van der Waals surface area (Å²) in [6.45, 7) is 10.4. The largest absolute Gasteiger partial charge is 0.376 e. The van der Waals surface area contributed by atoms with Crippen LogP contribution in [0.3, 0.4) is 0 Å². The van der Waals surface area contributed by atoms with Gasteiger partial charge in [0.2, 0.25) is 0 Å². The molecule has 0 saturated carbocycles. The molecule has 0 radical (unpaired) electrons. The van der Waals surface area contributed by atoms with Crippen molar-refractivity contribution in [2.75, 3.05) is 6.61 Å². The maximum Gasteiger partial charge on any atom is 0.0879 e. The smallest absolute Gasteiger partial charge is 0.0879 e. The zero-order valence-corrected chi connectivity index (χ0v) is 13.4. The molecule has 1 atom stereocenters. The summed E-state index contributed by atoms with van der Waals surface area (Å²) in [6.07, 6.45) is 7.81. The molecule has 0 aliphatic heterocycles. The van der Waals surface area contributed by atoms with Crippen LogP contribution in [0.2, 0.25) is 19.6 Å². The van der Waals surface area contributed by atoms with Crippen molar-refractivity contribution in [2.45, 2.75) is 33.2 Å². The average Bonchev–Trinajstić information content (AvgIpc) is 2.36. The highest BCUT2D eigenvalue weighted by atomic mass is 28.3. The van der Waals surface area contributed by atoms with Crippen molar-refractivity contribution in [1.29, 1.82) is 0 Å². The zero-order valence-electron chi connectivity index (χ0n) is 12.4. The Labute approximate surface area is 118 Å². The van der Waals surface area contributed by atoms with Crippen molar-refractivity contribution in [2.24, 2.45) is 5.92 Å². The maximum atomic E-state index is 5.74. The molecule has 1 rings (SSSR count). The Kier molecular flexibility index (Phi) is 6.07. The van der Waals surface area contributed by atoms with Gasteiger partial charge in [0, 0.05) is 0 Å². The first-order valence-electron chi connectivity index (χ1n) is 6.74. The lowest BCUT2D eigenvalue weighted by Crippen LogP contribution is -2.24. The molecule has 0 spiro atoms. The van der Waals surface area contributed by atoms with E-state index >= 15 is 0 Å². The minimum atomic E-state index is -1.38. The van der Waals surface area contributed by atoms with Crippen LogP contribution in [0.1, 0.15) is 12.5 Å². The van der Waals surface area contributed by atoms with Gasteiger partial charge in [-0.1, -0.05) is 68.9 Å². The lowest BCUT2D eigenvalue weighted by atomic mass is 10.2. The quantitative estimate of drug-likeness (QED) is 0.555. The van der Waals surface area contributed by atoms with E-state index < -0.39 is 8.07 Å². The first-order valence-corrected chi connectivity index (χ1v) is 10.2. The van der Waals surface area contributed by atoms with E-state index in [4.69, 9.17) is 11.2 Å². The van der Waals surface area contributed by atoms with Crippen molar-refractivity contribution in [3.63, 3.8) is 0 Å². The van der Waals surface area contributed by atoms with Crippen LogP contribution in [0.25, 0.3) is 0 Å². The molecule has 0 amide bonds. The lowest BCUT2D eigenvalue weighted by Gasteiger charge is -2.18. The van der Waals surface area contributed by atoms with Crippen molar-refractivity contribution >= 4 is 8.07 Å². The molecule has 1 aromatic rings. The summed E-state index contributed by atoms with van der Waals surface area (Å²) in [5.41, 5.74) is 1.21. The van der Waals surface area contributed by atoms with E-state index in [1.54, 1.807) is 0 Å². The molecule has 0 aromatic heterocycles. The van der Waals surface area contributed by atoms with E-state index in [2.05, 4.69) is 50.7 Å². The second-order valence-electron chi connectivity index (χ2n) is 5.95. The van der Waals surface area contributed by atoms with Crippen LogP contribution < -0.4 is 0 Å². The predicted molar refractivity (Wildman–Crippen MR) is 85.5 cm³/mol. The van der Waals surface area contributed by atoms with Crippen molar-refractivity contribution < 1.29 is 4.74 Å². The Morgan fingerprint density at radius 2 is 1.95 bits per heavy atom. The van der Waals surface area contributed by atoms with Gasteiger partial charge in [-0.15, -0.1) is 6.42 Å². The van der Waals surface area contributed by atoms with Crippen LogP contribution in [0.5, 0.6) is 0 Å². The highest BCUT2D eigenvalue weighted by molar-refractivity contribution is 6.84. The van der Waals surface area contributed by atoms with Crippen LogP contribution in [0.15, 0.2) is 41.6 Å². The van der Waals surface area contributed by atoms with Gasteiger partial charge in [0.15, 0.2) is 0 Å². The third-order valence-corrected chi connectivity index (χ3v) is 4.83. The lowest BCUT2D eigenvalue weighted by molar-refractivity contribution is 0.104. The number of benzene rings is 1. The van der Waals surface area contributed by atoms with Gasteiger partial charge < -0.3 is 4.74 Å². The third kappa shape index (κ3) is 5.91. The van der Waals surface area contributed by atoms with E-state index in [1.807, 2.05) is 18.2 Å². The summed E-state index contributed by atoms with van der Waals surface area (Å²) in [7, 11) is -1.38. The van der Waals surface area contributed by atoms with Gasteiger partial charge in [0.25, 0.3) is 0 Å². The van der Waals surface area contributed by atoms with Crippen molar-refractivity contribution in [3.8, 4) is 12.3 Å². The standard InChI is InChI=1S/C17H24OSi/c1-6-17(19(3,4)5)12-15(2)13-18-14-16-10-8-7-9-11-16/h1,7-12,15H,13-14H2,2-5H3/b17-12-/t15-/m1/s1. The van der Waals surface area contributed by atoms with E-state index in [9.17, 15) is 0 Å². The minimum Gasteiger partial charge on any atom is -0.376 e. The Hall–Kier alpha value is -1.30. The summed E-state index contributed by atoms with van der Waals surface area (Å²) in [4.78, 5) is 0. The second-order valence-corrected chi connectivity index (χ2v) is 11.0. The molecule has 0 heterocycles. The molecule has 102 valence electrons. The molecule has 1 nitrogen and oxygen atoms in total. The number of allylic oxidation sites excluding steroid dienone is 1. The van der Waals surface area contributed by atoms with E-state index in [0.717, 1.165) is 0 Å². The number of terminal acetylenes is 1. The molecule has 19 heavy (non-hydrogen) atoms. The molecule has 1 aromatic carbocycles. The van der Waals surface area contributed by atoms with Gasteiger partial charge in [0.1, 0.15) is 0 Å². The van der Waals surface area contributed by atoms with Crippen LogP contribution in [0, 0.1) is 18.3 Å².